The van der Waals surface area contributed by atoms with Crippen molar-refractivity contribution in [2.45, 2.75) is 19.0 Å². The predicted molar refractivity (Wildman–Crippen MR) is 103 cm³/mol. The van der Waals surface area contributed by atoms with Gasteiger partial charge in [0.25, 0.3) is 5.91 Å². The number of halogens is 1. The van der Waals surface area contributed by atoms with E-state index in [0.717, 1.165) is 5.56 Å². The maximum absolute atomic E-state index is 13.1. The van der Waals surface area contributed by atoms with Crippen LogP contribution in [-0.2, 0) is 16.4 Å². The van der Waals surface area contributed by atoms with E-state index < -0.39 is 21.8 Å². The van der Waals surface area contributed by atoms with E-state index in [4.69, 9.17) is 20.5 Å². The van der Waals surface area contributed by atoms with E-state index in [0.29, 0.717) is 23.0 Å². The lowest BCUT2D eigenvalue weighted by Gasteiger charge is -2.26. The fourth-order valence-corrected chi connectivity index (χ4v) is 5.09. The Kier molecular flexibility index (Phi) is 4.99. The SMILES string of the molecule is O=C(c1cc(-c2ccc(Cl)cc2)on1)N(Cc1ccco1)[C@H]1CCS(=O)(=O)C1. The molecule has 1 aliphatic heterocycles. The molecule has 1 aliphatic rings. The first-order chi connectivity index (χ1) is 13.4. The Bertz CT molecular complexity index is 1070. The maximum Gasteiger partial charge on any atom is 0.276 e. The van der Waals surface area contributed by atoms with Gasteiger partial charge < -0.3 is 13.8 Å². The highest BCUT2D eigenvalue weighted by Gasteiger charge is 2.36. The van der Waals surface area contributed by atoms with Gasteiger partial charge >= 0.3 is 0 Å². The smallest absolute Gasteiger partial charge is 0.276 e. The van der Waals surface area contributed by atoms with E-state index in [-0.39, 0.29) is 23.7 Å². The molecule has 7 nitrogen and oxygen atoms in total. The molecule has 3 aromatic rings. The van der Waals surface area contributed by atoms with Crippen LogP contribution in [0, 0.1) is 0 Å². The second kappa shape index (κ2) is 7.44. The highest BCUT2D eigenvalue weighted by atomic mass is 35.5. The van der Waals surface area contributed by atoms with Crippen LogP contribution in [0.3, 0.4) is 0 Å². The lowest BCUT2D eigenvalue weighted by Crippen LogP contribution is -2.40. The standard InChI is InChI=1S/C19H17ClN2O5S/c20-14-5-3-13(4-6-14)18-10-17(21-27-18)19(23)22(11-16-2-1-8-26-16)15-7-9-28(24,25)12-15/h1-6,8,10,15H,7,9,11-12H2/t15-/m0/s1. The first kappa shape index (κ1) is 18.8. The van der Waals surface area contributed by atoms with Gasteiger partial charge in [-0.15, -0.1) is 0 Å². The zero-order valence-corrected chi connectivity index (χ0v) is 16.3. The van der Waals surface area contributed by atoms with Crippen LogP contribution in [0.15, 0.2) is 57.7 Å². The third-order valence-corrected chi connectivity index (χ3v) is 6.68. The summed E-state index contributed by atoms with van der Waals surface area (Å²) in [6.45, 7) is 0.162. The number of hydrogen-bond acceptors (Lipinski definition) is 6. The second-order valence-electron chi connectivity index (χ2n) is 6.65. The number of carbonyl (C=O) groups is 1. The summed E-state index contributed by atoms with van der Waals surface area (Å²) in [5, 5.41) is 4.48. The van der Waals surface area contributed by atoms with Crippen molar-refractivity contribution in [3.63, 3.8) is 0 Å². The van der Waals surface area contributed by atoms with Gasteiger partial charge in [-0.2, -0.15) is 0 Å². The average Bonchev–Trinajstić information content (AvgIpc) is 3.40. The molecule has 2 aromatic heterocycles. The Hall–Kier alpha value is -2.58. The van der Waals surface area contributed by atoms with E-state index in [9.17, 15) is 13.2 Å². The van der Waals surface area contributed by atoms with Crippen LogP contribution in [0.4, 0.5) is 0 Å². The molecule has 0 unspecified atom stereocenters. The van der Waals surface area contributed by atoms with E-state index in [1.54, 1.807) is 42.5 Å². The summed E-state index contributed by atoms with van der Waals surface area (Å²) in [4.78, 5) is 14.6. The molecule has 146 valence electrons. The van der Waals surface area contributed by atoms with Crippen LogP contribution in [-0.4, -0.2) is 41.9 Å². The molecular formula is C19H17ClN2O5S. The van der Waals surface area contributed by atoms with Crippen LogP contribution in [0.5, 0.6) is 0 Å². The Morgan fingerprint density at radius 1 is 1.25 bits per heavy atom. The van der Waals surface area contributed by atoms with Gasteiger partial charge in [0.05, 0.1) is 24.3 Å². The number of hydrogen-bond donors (Lipinski definition) is 0. The van der Waals surface area contributed by atoms with Crippen molar-refractivity contribution in [3.05, 3.63) is 65.2 Å². The van der Waals surface area contributed by atoms with Gasteiger partial charge in [-0.3, -0.25) is 4.79 Å². The number of furan rings is 1. The van der Waals surface area contributed by atoms with Crippen molar-refractivity contribution in [1.82, 2.24) is 10.1 Å². The van der Waals surface area contributed by atoms with Crippen LogP contribution >= 0.6 is 11.6 Å². The molecule has 0 radical (unpaired) electrons. The van der Waals surface area contributed by atoms with Gasteiger partial charge in [0.1, 0.15) is 5.76 Å². The van der Waals surface area contributed by atoms with Crippen molar-refractivity contribution in [2.75, 3.05) is 11.5 Å². The topological polar surface area (TPSA) is 93.6 Å². The zero-order chi connectivity index (χ0) is 19.7. The predicted octanol–water partition coefficient (Wildman–Crippen LogP) is 3.42. The fraction of sp³-hybridized carbons (Fsp3) is 0.263. The Morgan fingerprint density at radius 3 is 2.68 bits per heavy atom. The van der Waals surface area contributed by atoms with Gasteiger partial charge in [-0.25, -0.2) is 8.42 Å². The molecule has 1 atom stereocenters. The molecule has 0 aliphatic carbocycles. The number of aromatic nitrogens is 1. The van der Waals surface area contributed by atoms with Crippen molar-refractivity contribution in [3.8, 4) is 11.3 Å². The minimum atomic E-state index is -3.16. The summed E-state index contributed by atoms with van der Waals surface area (Å²) in [7, 11) is -3.16. The Balaban J connectivity index is 1.61. The lowest BCUT2D eigenvalue weighted by molar-refractivity contribution is 0.0655. The zero-order valence-electron chi connectivity index (χ0n) is 14.7. The molecule has 0 bridgehead atoms. The minimum Gasteiger partial charge on any atom is -0.467 e. The highest BCUT2D eigenvalue weighted by molar-refractivity contribution is 7.91. The molecule has 0 saturated carbocycles. The Morgan fingerprint density at radius 2 is 2.04 bits per heavy atom. The molecule has 1 saturated heterocycles. The van der Waals surface area contributed by atoms with E-state index >= 15 is 0 Å². The van der Waals surface area contributed by atoms with Crippen molar-refractivity contribution < 1.29 is 22.2 Å². The normalized spacial score (nSPS) is 18.2. The van der Waals surface area contributed by atoms with Gasteiger partial charge in [0, 0.05) is 22.7 Å². The minimum absolute atomic E-state index is 0.0639. The van der Waals surface area contributed by atoms with Gasteiger partial charge in [-0.05, 0) is 42.8 Å². The highest BCUT2D eigenvalue weighted by Crippen LogP contribution is 2.26. The molecule has 0 spiro atoms. The Labute approximate surface area is 166 Å². The lowest BCUT2D eigenvalue weighted by atomic mass is 10.1. The quantitative estimate of drug-likeness (QED) is 0.627. The van der Waals surface area contributed by atoms with Crippen LogP contribution in [0.25, 0.3) is 11.3 Å². The van der Waals surface area contributed by atoms with E-state index in [2.05, 4.69) is 5.16 Å². The molecular weight excluding hydrogens is 404 g/mol. The van der Waals surface area contributed by atoms with Crippen molar-refractivity contribution >= 4 is 27.3 Å². The second-order valence-corrected chi connectivity index (χ2v) is 9.32. The first-order valence-corrected chi connectivity index (χ1v) is 10.9. The number of sulfone groups is 1. The molecule has 4 rings (SSSR count). The third-order valence-electron chi connectivity index (χ3n) is 4.67. The van der Waals surface area contributed by atoms with Crippen molar-refractivity contribution in [1.29, 1.82) is 0 Å². The third kappa shape index (κ3) is 3.98. The summed E-state index contributed by atoms with van der Waals surface area (Å²) in [6.07, 6.45) is 1.90. The monoisotopic (exact) mass is 420 g/mol. The van der Waals surface area contributed by atoms with Gasteiger partial charge in [0.2, 0.25) is 0 Å². The van der Waals surface area contributed by atoms with Crippen molar-refractivity contribution in [2.24, 2.45) is 0 Å². The van der Waals surface area contributed by atoms with Gasteiger partial charge in [0.15, 0.2) is 21.3 Å². The number of nitrogens with zero attached hydrogens (tertiary/aromatic N) is 2. The summed E-state index contributed by atoms with van der Waals surface area (Å²) < 4.78 is 34.5. The van der Waals surface area contributed by atoms with E-state index in [1.807, 2.05) is 0 Å². The van der Waals surface area contributed by atoms with Crippen LogP contribution in [0.2, 0.25) is 5.02 Å². The molecule has 28 heavy (non-hydrogen) atoms. The molecule has 0 N–H and O–H groups in total. The molecule has 3 heterocycles. The number of benzene rings is 1. The molecule has 1 aromatic carbocycles. The summed E-state index contributed by atoms with van der Waals surface area (Å²) >= 11 is 5.89. The molecule has 1 amide bonds. The number of rotatable bonds is 5. The summed E-state index contributed by atoms with van der Waals surface area (Å²) in [6, 6.07) is 11.5. The maximum atomic E-state index is 13.1. The van der Waals surface area contributed by atoms with Crippen LogP contribution in [0.1, 0.15) is 22.7 Å². The van der Waals surface area contributed by atoms with Gasteiger partial charge in [-0.1, -0.05) is 16.8 Å². The number of carbonyl (C=O) groups excluding carboxylic acids is 1. The van der Waals surface area contributed by atoms with Crippen LogP contribution < -0.4 is 0 Å². The first-order valence-electron chi connectivity index (χ1n) is 8.68. The molecule has 9 heteroatoms. The number of amides is 1. The largest absolute Gasteiger partial charge is 0.467 e. The summed E-state index contributed by atoms with van der Waals surface area (Å²) in [5.74, 6) is 0.592. The fourth-order valence-electron chi connectivity index (χ4n) is 3.23. The average molecular weight is 421 g/mol. The van der Waals surface area contributed by atoms with E-state index in [1.165, 1.54) is 11.2 Å². The molecule has 1 fully saturated rings. The summed E-state index contributed by atoms with van der Waals surface area (Å²) in [5.41, 5.74) is 0.845.